The molecule has 4 heterocycles. The second-order valence-corrected chi connectivity index (χ2v) is 10.2. The van der Waals surface area contributed by atoms with Crippen LogP contribution in [-0.2, 0) is 13.1 Å². The fraction of sp³-hybridized carbons (Fsp3) is 0.483. The fourth-order valence-corrected chi connectivity index (χ4v) is 6.25. The molecule has 2 saturated heterocycles. The Morgan fingerprint density at radius 2 is 1.00 bits per heavy atom. The lowest BCUT2D eigenvalue weighted by molar-refractivity contribution is 0.222. The molecule has 0 unspecified atom stereocenters. The molecule has 2 aromatic carbocycles. The van der Waals surface area contributed by atoms with Gasteiger partial charge in [0.1, 0.15) is 5.52 Å². The number of para-hydroxylation sites is 2. The molecule has 6 rings (SSSR count). The summed E-state index contributed by atoms with van der Waals surface area (Å²) in [6.07, 6.45) is 7.89. The third kappa shape index (κ3) is 3.95. The summed E-state index contributed by atoms with van der Waals surface area (Å²) in [5, 5.41) is 2.05. The lowest BCUT2D eigenvalue weighted by atomic mass is 10.1. The first-order chi connectivity index (χ1) is 16.8. The van der Waals surface area contributed by atoms with E-state index in [0.717, 1.165) is 48.1 Å². The van der Waals surface area contributed by atoms with E-state index in [1.165, 1.54) is 75.6 Å². The van der Waals surface area contributed by atoms with Gasteiger partial charge in [-0.3, -0.25) is 4.79 Å². The second-order valence-electron chi connectivity index (χ2n) is 10.2. The standard InChI is InChI=1S/C29H36N4O/c34-29-24-12-4-6-14-26(24)32(21-19-30-15-7-1-8-16-30)27-23-11-3-5-13-25(23)33(28(27)29)22-20-31-17-9-2-10-18-31/h3-6,11-14H,1-2,7-10,15-22H2. The fourth-order valence-electron chi connectivity index (χ4n) is 6.25. The summed E-state index contributed by atoms with van der Waals surface area (Å²) in [5.41, 5.74) is 4.43. The van der Waals surface area contributed by atoms with Crippen LogP contribution in [0.5, 0.6) is 0 Å². The molecule has 34 heavy (non-hydrogen) atoms. The van der Waals surface area contributed by atoms with Crippen molar-refractivity contribution >= 4 is 32.8 Å². The van der Waals surface area contributed by atoms with Crippen molar-refractivity contribution in [2.75, 3.05) is 39.3 Å². The Bertz CT molecular complexity index is 1360. The molecule has 0 N–H and O–H groups in total. The van der Waals surface area contributed by atoms with Crippen molar-refractivity contribution in [1.29, 1.82) is 0 Å². The topological polar surface area (TPSA) is 33.4 Å². The summed E-state index contributed by atoms with van der Waals surface area (Å²) >= 11 is 0. The van der Waals surface area contributed by atoms with Gasteiger partial charge in [0.25, 0.3) is 0 Å². The molecule has 0 aliphatic carbocycles. The van der Waals surface area contributed by atoms with Gasteiger partial charge in [-0.1, -0.05) is 43.2 Å². The number of aromatic nitrogens is 2. The molecule has 2 aliphatic heterocycles. The van der Waals surface area contributed by atoms with E-state index in [2.05, 4.69) is 55.3 Å². The number of hydrogen-bond acceptors (Lipinski definition) is 3. The minimum Gasteiger partial charge on any atom is -0.337 e. The second kappa shape index (κ2) is 9.55. The van der Waals surface area contributed by atoms with E-state index >= 15 is 0 Å². The molecule has 4 aromatic rings. The molecule has 0 saturated carbocycles. The zero-order chi connectivity index (χ0) is 22.9. The average molecular weight is 457 g/mol. The third-order valence-corrected chi connectivity index (χ3v) is 8.05. The molecule has 0 radical (unpaired) electrons. The van der Waals surface area contributed by atoms with Crippen molar-refractivity contribution < 1.29 is 0 Å². The maximum absolute atomic E-state index is 13.9. The van der Waals surface area contributed by atoms with Crippen molar-refractivity contribution in [2.24, 2.45) is 0 Å². The van der Waals surface area contributed by atoms with Crippen LogP contribution in [0.15, 0.2) is 53.3 Å². The molecular formula is C29H36N4O. The molecule has 2 aliphatic rings. The maximum atomic E-state index is 13.9. The van der Waals surface area contributed by atoms with Gasteiger partial charge in [0.05, 0.1) is 16.6 Å². The molecule has 5 nitrogen and oxygen atoms in total. The van der Waals surface area contributed by atoms with Crippen LogP contribution in [0.4, 0.5) is 0 Å². The minimum absolute atomic E-state index is 0.176. The van der Waals surface area contributed by atoms with E-state index in [9.17, 15) is 4.79 Å². The summed E-state index contributed by atoms with van der Waals surface area (Å²) < 4.78 is 4.77. The highest BCUT2D eigenvalue weighted by Crippen LogP contribution is 2.30. The lowest BCUT2D eigenvalue weighted by Crippen LogP contribution is -2.33. The van der Waals surface area contributed by atoms with Gasteiger partial charge in [-0.15, -0.1) is 0 Å². The van der Waals surface area contributed by atoms with Crippen LogP contribution in [0.3, 0.4) is 0 Å². The summed E-state index contributed by atoms with van der Waals surface area (Å²) in [6, 6.07) is 16.9. The highest BCUT2D eigenvalue weighted by molar-refractivity contribution is 6.09. The van der Waals surface area contributed by atoms with Crippen LogP contribution >= 0.6 is 0 Å². The molecule has 0 amide bonds. The maximum Gasteiger partial charge on any atom is 0.213 e. The van der Waals surface area contributed by atoms with E-state index < -0.39 is 0 Å². The number of fused-ring (bicyclic) bond motifs is 4. The first-order valence-electron chi connectivity index (χ1n) is 13.3. The number of pyridine rings is 1. The van der Waals surface area contributed by atoms with E-state index in [1.54, 1.807) is 0 Å². The molecule has 2 aromatic heterocycles. The van der Waals surface area contributed by atoms with Crippen LogP contribution in [0.25, 0.3) is 32.8 Å². The summed E-state index contributed by atoms with van der Waals surface area (Å²) in [6.45, 7) is 8.57. The van der Waals surface area contributed by atoms with Crippen molar-refractivity contribution in [3.8, 4) is 0 Å². The normalized spacial score (nSPS) is 18.4. The van der Waals surface area contributed by atoms with Gasteiger partial charge in [0.2, 0.25) is 5.43 Å². The third-order valence-electron chi connectivity index (χ3n) is 8.05. The molecule has 0 spiro atoms. The quantitative estimate of drug-likeness (QED) is 0.406. The van der Waals surface area contributed by atoms with Crippen LogP contribution in [0.1, 0.15) is 38.5 Å². The molecule has 178 valence electrons. The Morgan fingerprint density at radius 1 is 0.529 bits per heavy atom. The summed E-state index contributed by atoms with van der Waals surface area (Å²) in [5.74, 6) is 0. The SMILES string of the molecule is O=c1c2ccccc2n(CCN2CCCCC2)c2c3ccccc3n(CCN3CCCCC3)c12. The predicted molar refractivity (Wildman–Crippen MR) is 142 cm³/mol. The van der Waals surface area contributed by atoms with Crippen molar-refractivity contribution in [2.45, 2.75) is 51.6 Å². The Hall–Kier alpha value is -2.63. The number of nitrogens with zero attached hydrogens (tertiary/aromatic N) is 4. The minimum atomic E-state index is 0.176. The average Bonchev–Trinajstić information content (AvgIpc) is 3.23. The van der Waals surface area contributed by atoms with Crippen LogP contribution < -0.4 is 5.43 Å². The first kappa shape index (κ1) is 21.9. The molecular weight excluding hydrogens is 420 g/mol. The van der Waals surface area contributed by atoms with Crippen molar-refractivity contribution in [1.82, 2.24) is 18.9 Å². The van der Waals surface area contributed by atoms with Gasteiger partial charge in [0, 0.05) is 37.0 Å². The van der Waals surface area contributed by atoms with Gasteiger partial charge >= 0.3 is 0 Å². The van der Waals surface area contributed by atoms with Crippen LogP contribution in [0.2, 0.25) is 0 Å². The largest absolute Gasteiger partial charge is 0.337 e. The van der Waals surface area contributed by atoms with Gasteiger partial charge in [0.15, 0.2) is 0 Å². The zero-order valence-corrected chi connectivity index (χ0v) is 20.2. The highest BCUT2D eigenvalue weighted by Gasteiger charge is 2.21. The Morgan fingerprint density at radius 3 is 1.59 bits per heavy atom. The van der Waals surface area contributed by atoms with E-state index in [-0.39, 0.29) is 5.43 Å². The van der Waals surface area contributed by atoms with Gasteiger partial charge in [-0.25, -0.2) is 0 Å². The highest BCUT2D eigenvalue weighted by atomic mass is 16.1. The number of hydrogen-bond donors (Lipinski definition) is 0. The van der Waals surface area contributed by atoms with Gasteiger partial charge in [-0.2, -0.15) is 0 Å². The predicted octanol–water partition coefficient (Wildman–Crippen LogP) is 5.08. The number of likely N-dealkylation sites (tertiary alicyclic amines) is 2. The zero-order valence-electron chi connectivity index (χ0n) is 20.2. The smallest absolute Gasteiger partial charge is 0.213 e. The van der Waals surface area contributed by atoms with E-state index in [4.69, 9.17) is 0 Å². The van der Waals surface area contributed by atoms with E-state index in [0.29, 0.717) is 0 Å². The molecule has 0 bridgehead atoms. The van der Waals surface area contributed by atoms with E-state index in [1.807, 2.05) is 12.1 Å². The van der Waals surface area contributed by atoms with Gasteiger partial charge in [-0.05, 0) is 70.1 Å². The summed E-state index contributed by atoms with van der Waals surface area (Å²) in [4.78, 5) is 19.1. The first-order valence-corrected chi connectivity index (χ1v) is 13.3. The van der Waals surface area contributed by atoms with Crippen LogP contribution in [-0.4, -0.2) is 58.2 Å². The van der Waals surface area contributed by atoms with Crippen molar-refractivity contribution in [3.63, 3.8) is 0 Å². The molecule has 5 heteroatoms. The Kier molecular flexibility index (Phi) is 6.15. The van der Waals surface area contributed by atoms with Crippen molar-refractivity contribution in [3.05, 3.63) is 58.8 Å². The monoisotopic (exact) mass is 456 g/mol. The number of rotatable bonds is 6. The molecule has 2 fully saturated rings. The number of piperidine rings is 2. The lowest BCUT2D eigenvalue weighted by Gasteiger charge is -2.27. The summed E-state index contributed by atoms with van der Waals surface area (Å²) in [7, 11) is 0. The number of benzene rings is 2. The Labute approximate surface area is 201 Å². The molecule has 0 atom stereocenters. The van der Waals surface area contributed by atoms with Crippen LogP contribution in [0, 0.1) is 0 Å². The Balaban J connectivity index is 1.50. The van der Waals surface area contributed by atoms with Gasteiger partial charge < -0.3 is 18.9 Å².